The molecule has 1 aliphatic rings. The minimum atomic E-state index is -3.44. The van der Waals surface area contributed by atoms with E-state index in [1.54, 1.807) is 31.2 Å². The van der Waals surface area contributed by atoms with Gasteiger partial charge in [-0.25, -0.2) is 8.42 Å². The maximum Gasteiger partial charge on any atom is 0.243 e. The number of piperidine rings is 1. The minimum Gasteiger partial charge on any atom is -0.351 e. The second-order valence-corrected chi connectivity index (χ2v) is 7.56. The van der Waals surface area contributed by atoms with Crippen molar-refractivity contribution in [3.05, 3.63) is 29.8 Å². The monoisotopic (exact) mass is 325 g/mol. The molecular weight excluding hydrogens is 302 g/mol. The number of carbonyl (C=O) groups excluding carboxylic acids is 1. The number of nitrogens with one attached hydrogen (secondary N) is 1. The van der Waals surface area contributed by atoms with Crippen LogP contribution >= 0.6 is 0 Å². The molecule has 0 unspecified atom stereocenters. The molecule has 3 N–H and O–H groups in total. The molecule has 2 rings (SSSR count). The molecule has 7 heteroatoms. The van der Waals surface area contributed by atoms with Crippen molar-refractivity contribution in [3.8, 4) is 0 Å². The molecule has 1 aromatic carbocycles. The second-order valence-electron chi connectivity index (χ2n) is 5.62. The Morgan fingerprint density at radius 3 is 2.64 bits per heavy atom. The lowest BCUT2D eigenvalue weighted by Crippen LogP contribution is -2.38. The van der Waals surface area contributed by atoms with Crippen LogP contribution in [0.25, 0.3) is 0 Å². The number of hydrogen-bond donors (Lipinski definition) is 2. The smallest absolute Gasteiger partial charge is 0.243 e. The maximum absolute atomic E-state index is 12.6. The summed E-state index contributed by atoms with van der Waals surface area (Å²) in [7, 11) is -3.44. The minimum absolute atomic E-state index is 0.260. The van der Waals surface area contributed by atoms with E-state index in [-0.39, 0.29) is 17.3 Å². The zero-order chi connectivity index (χ0) is 16.2. The molecule has 1 aliphatic heterocycles. The van der Waals surface area contributed by atoms with Crippen molar-refractivity contribution < 1.29 is 13.2 Å². The van der Waals surface area contributed by atoms with E-state index >= 15 is 0 Å². The van der Waals surface area contributed by atoms with Gasteiger partial charge in [-0.3, -0.25) is 4.79 Å². The Bertz CT molecular complexity index is 623. The number of amides is 1. The molecular formula is C15H23N3O3S. The number of nitrogens with zero attached hydrogens (tertiary/aromatic N) is 1. The third-order valence-corrected chi connectivity index (χ3v) is 5.63. The van der Waals surface area contributed by atoms with Gasteiger partial charge in [-0.05, 0) is 37.5 Å². The zero-order valence-electron chi connectivity index (χ0n) is 12.8. The predicted molar refractivity (Wildman–Crippen MR) is 84.5 cm³/mol. The molecule has 1 fully saturated rings. The van der Waals surface area contributed by atoms with Crippen LogP contribution in [0.5, 0.6) is 0 Å². The first kappa shape index (κ1) is 16.9. The Labute approximate surface area is 131 Å². The molecule has 0 saturated carbocycles. The fourth-order valence-corrected chi connectivity index (χ4v) is 4.01. The summed E-state index contributed by atoms with van der Waals surface area (Å²) in [5.41, 5.74) is 6.22. The fourth-order valence-electron chi connectivity index (χ4n) is 2.42. The standard InChI is InChI=1S/C15H23N3O3S/c1-12(16)15(19)17-11-13-6-5-7-14(10-13)22(20,21)18-8-3-2-4-9-18/h5-7,10,12H,2-4,8-9,11,16H2,1H3,(H,17,19)/t12-/m0/s1. The third kappa shape index (κ3) is 4.06. The van der Waals surface area contributed by atoms with Crippen molar-refractivity contribution in [1.82, 2.24) is 9.62 Å². The molecule has 0 bridgehead atoms. The van der Waals surface area contributed by atoms with E-state index in [2.05, 4.69) is 5.32 Å². The number of rotatable bonds is 5. The topological polar surface area (TPSA) is 92.5 Å². The van der Waals surface area contributed by atoms with Crippen LogP contribution in [-0.4, -0.2) is 37.8 Å². The molecule has 1 heterocycles. The Balaban J connectivity index is 2.11. The van der Waals surface area contributed by atoms with Crippen LogP contribution in [0.15, 0.2) is 29.2 Å². The van der Waals surface area contributed by atoms with Gasteiger partial charge in [-0.1, -0.05) is 18.6 Å². The first-order valence-electron chi connectivity index (χ1n) is 7.53. The first-order valence-corrected chi connectivity index (χ1v) is 8.97. The van der Waals surface area contributed by atoms with Gasteiger partial charge in [0, 0.05) is 19.6 Å². The molecule has 1 saturated heterocycles. The van der Waals surface area contributed by atoms with Crippen molar-refractivity contribution in [2.45, 2.75) is 43.7 Å². The number of nitrogens with two attached hydrogens (primary N) is 1. The highest BCUT2D eigenvalue weighted by Gasteiger charge is 2.25. The average molecular weight is 325 g/mol. The summed E-state index contributed by atoms with van der Waals surface area (Å²) in [4.78, 5) is 11.8. The highest BCUT2D eigenvalue weighted by Crippen LogP contribution is 2.21. The van der Waals surface area contributed by atoms with Crippen LogP contribution in [0.1, 0.15) is 31.7 Å². The van der Waals surface area contributed by atoms with E-state index in [1.807, 2.05) is 0 Å². The quantitative estimate of drug-likeness (QED) is 0.838. The van der Waals surface area contributed by atoms with E-state index in [9.17, 15) is 13.2 Å². The highest BCUT2D eigenvalue weighted by atomic mass is 32.2. The molecule has 1 atom stereocenters. The summed E-state index contributed by atoms with van der Waals surface area (Å²) < 4.78 is 26.7. The number of carbonyl (C=O) groups is 1. The summed E-state index contributed by atoms with van der Waals surface area (Å²) >= 11 is 0. The molecule has 122 valence electrons. The van der Waals surface area contributed by atoms with Crippen molar-refractivity contribution >= 4 is 15.9 Å². The summed E-state index contributed by atoms with van der Waals surface area (Å²) in [5, 5.41) is 2.68. The second kappa shape index (κ2) is 7.21. The van der Waals surface area contributed by atoms with Gasteiger partial charge in [-0.2, -0.15) is 4.31 Å². The van der Waals surface area contributed by atoms with E-state index in [4.69, 9.17) is 5.73 Å². The molecule has 0 radical (unpaired) electrons. The maximum atomic E-state index is 12.6. The summed E-state index contributed by atoms with van der Waals surface area (Å²) in [6, 6.07) is 6.12. The van der Waals surface area contributed by atoms with E-state index in [1.165, 1.54) is 4.31 Å². The highest BCUT2D eigenvalue weighted by molar-refractivity contribution is 7.89. The first-order chi connectivity index (χ1) is 10.4. The van der Waals surface area contributed by atoms with Gasteiger partial charge >= 0.3 is 0 Å². The van der Waals surface area contributed by atoms with Crippen LogP contribution in [0.2, 0.25) is 0 Å². The SMILES string of the molecule is C[C@H](N)C(=O)NCc1cccc(S(=O)(=O)N2CCCCC2)c1. The van der Waals surface area contributed by atoms with Crippen LogP contribution in [0.3, 0.4) is 0 Å². The number of benzene rings is 1. The third-order valence-electron chi connectivity index (χ3n) is 3.73. The van der Waals surface area contributed by atoms with Crippen LogP contribution in [-0.2, 0) is 21.4 Å². The largest absolute Gasteiger partial charge is 0.351 e. The van der Waals surface area contributed by atoms with Crippen molar-refractivity contribution in [2.75, 3.05) is 13.1 Å². The van der Waals surface area contributed by atoms with Crippen LogP contribution < -0.4 is 11.1 Å². The van der Waals surface area contributed by atoms with E-state index in [0.29, 0.717) is 13.1 Å². The average Bonchev–Trinajstić information content (AvgIpc) is 2.53. The van der Waals surface area contributed by atoms with Crippen molar-refractivity contribution in [3.63, 3.8) is 0 Å². The normalized spacial score (nSPS) is 17.9. The molecule has 6 nitrogen and oxygen atoms in total. The number of sulfonamides is 1. The van der Waals surface area contributed by atoms with Gasteiger partial charge < -0.3 is 11.1 Å². The van der Waals surface area contributed by atoms with Gasteiger partial charge in [0.15, 0.2) is 0 Å². The Hall–Kier alpha value is -1.44. The summed E-state index contributed by atoms with van der Waals surface area (Å²) in [6.45, 7) is 3.03. The van der Waals surface area contributed by atoms with Crippen molar-refractivity contribution in [1.29, 1.82) is 0 Å². The molecule has 22 heavy (non-hydrogen) atoms. The van der Waals surface area contributed by atoms with Crippen molar-refractivity contribution in [2.24, 2.45) is 5.73 Å². The van der Waals surface area contributed by atoms with Gasteiger partial charge in [0.1, 0.15) is 0 Å². The fraction of sp³-hybridized carbons (Fsp3) is 0.533. The Kier molecular flexibility index (Phi) is 5.55. The molecule has 0 aromatic heterocycles. The number of hydrogen-bond acceptors (Lipinski definition) is 4. The van der Waals surface area contributed by atoms with Gasteiger partial charge in [0.2, 0.25) is 15.9 Å². The molecule has 1 aromatic rings. The lowest BCUT2D eigenvalue weighted by molar-refractivity contribution is -0.122. The van der Waals surface area contributed by atoms with E-state index in [0.717, 1.165) is 24.8 Å². The summed E-state index contributed by atoms with van der Waals surface area (Å²) in [5.74, 6) is -0.260. The van der Waals surface area contributed by atoms with Gasteiger partial charge in [0.05, 0.1) is 10.9 Å². The van der Waals surface area contributed by atoms with Gasteiger partial charge in [0.25, 0.3) is 0 Å². The molecule has 1 amide bonds. The van der Waals surface area contributed by atoms with Crippen LogP contribution in [0.4, 0.5) is 0 Å². The van der Waals surface area contributed by atoms with E-state index < -0.39 is 16.1 Å². The zero-order valence-corrected chi connectivity index (χ0v) is 13.6. The Morgan fingerprint density at radius 1 is 1.32 bits per heavy atom. The van der Waals surface area contributed by atoms with Gasteiger partial charge in [-0.15, -0.1) is 0 Å². The summed E-state index contributed by atoms with van der Waals surface area (Å²) in [6.07, 6.45) is 2.89. The van der Waals surface area contributed by atoms with Crippen LogP contribution in [0, 0.1) is 0 Å². The molecule has 0 spiro atoms. The lowest BCUT2D eigenvalue weighted by atomic mass is 10.2. The molecule has 0 aliphatic carbocycles. The predicted octanol–water partition coefficient (Wildman–Crippen LogP) is 0.825. The lowest BCUT2D eigenvalue weighted by Gasteiger charge is -2.26. The Morgan fingerprint density at radius 2 is 2.00 bits per heavy atom.